The van der Waals surface area contributed by atoms with Crippen LogP contribution in [0.25, 0.3) is 0 Å². The number of sulfonamides is 1. The molecule has 0 heterocycles. The van der Waals surface area contributed by atoms with E-state index in [0.29, 0.717) is 17.9 Å². The lowest BCUT2D eigenvalue weighted by Crippen LogP contribution is -2.22. The summed E-state index contributed by atoms with van der Waals surface area (Å²) in [7, 11) is -3.56. The lowest BCUT2D eigenvalue weighted by atomic mass is 10.2. The molecule has 0 spiro atoms. The number of anilines is 2. The molecular formula is C11H18N4O4S. The second-order valence-electron chi connectivity index (χ2n) is 4.25. The third-order valence-electron chi connectivity index (χ3n) is 2.42. The number of nitro benzene ring substituents is 1. The minimum absolute atomic E-state index is 0.0655. The molecule has 0 saturated carbocycles. The summed E-state index contributed by atoms with van der Waals surface area (Å²) in [6.07, 6.45) is 0.886. The second-order valence-corrected chi connectivity index (χ2v) is 5.98. The van der Waals surface area contributed by atoms with Crippen LogP contribution in [0.15, 0.2) is 18.2 Å². The Morgan fingerprint density at radius 3 is 2.20 bits per heavy atom. The lowest BCUT2D eigenvalue weighted by molar-refractivity contribution is -0.384. The number of nitro groups is 1. The summed E-state index contributed by atoms with van der Waals surface area (Å²) in [5, 5.41) is 21.6. The van der Waals surface area contributed by atoms with Crippen molar-refractivity contribution in [2.24, 2.45) is 5.14 Å². The molecule has 20 heavy (non-hydrogen) atoms. The monoisotopic (exact) mass is 302 g/mol. The first-order valence-corrected chi connectivity index (χ1v) is 7.81. The second kappa shape index (κ2) is 7.06. The van der Waals surface area contributed by atoms with Crippen molar-refractivity contribution < 1.29 is 13.3 Å². The van der Waals surface area contributed by atoms with Gasteiger partial charge in [-0.1, -0.05) is 6.92 Å². The summed E-state index contributed by atoms with van der Waals surface area (Å²) in [6.45, 7) is 2.76. The molecule has 0 aromatic heterocycles. The normalized spacial score (nSPS) is 11.1. The smallest absolute Gasteiger partial charge is 0.273 e. The molecule has 0 aliphatic heterocycles. The molecule has 0 unspecified atom stereocenters. The standard InChI is InChI=1S/C11H18N4O4S/c1-2-3-13-9-6-10(8-11(7-9)15(16)17)14-4-5-20(12,18)19/h6-8,13-14H,2-5H2,1H3,(H2,12,18,19). The van der Waals surface area contributed by atoms with E-state index in [2.05, 4.69) is 10.6 Å². The van der Waals surface area contributed by atoms with Crippen molar-refractivity contribution in [3.05, 3.63) is 28.3 Å². The van der Waals surface area contributed by atoms with Crippen LogP contribution in [-0.2, 0) is 10.0 Å². The average Bonchev–Trinajstić information content (AvgIpc) is 2.34. The summed E-state index contributed by atoms with van der Waals surface area (Å²) in [4.78, 5) is 10.3. The summed E-state index contributed by atoms with van der Waals surface area (Å²) in [5.74, 6) is -0.243. The van der Waals surface area contributed by atoms with Gasteiger partial charge in [-0.15, -0.1) is 0 Å². The van der Waals surface area contributed by atoms with Crippen molar-refractivity contribution in [3.63, 3.8) is 0 Å². The molecule has 1 aromatic rings. The van der Waals surface area contributed by atoms with E-state index in [1.165, 1.54) is 12.1 Å². The third-order valence-corrected chi connectivity index (χ3v) is 3.20. The summed E-state index contributed by atoms with van der Waals surface area (Å²) >= 11 is 0. The van der Waals surface area contributed by atoms with Gasteiger partial charge in [-0.2, -0.15) is 0 Å². The van der Waals surface area contributed by atoms with Gasteiger partial charge in [-0.25, -0.2) is 13.6 Å². The summed E-state index contributed by atoms with van der Waals surface area (Å²) in [5.41, 5.74) is 1.02. The average molecular weight is 302 g/mol. The van der Waals surface area contributed by atoms with Crippen LogP contribution in [0.5, 0.6) is 0 Å². The predicted octanol–water partition coefficient (Wildman–Crippen LogP) is 1.12. The molecule has 0 fully saturated rings. The number of hydrogen-bond acceptors (Lipinski definition) is 6. The van der Waals surface area contributed by atoms with Gasteiger partial charge in [0, 0.05) is 36.6 Å². The molecule has 8 nitrogen and oxygen atoms in total. The highest BCUT2D eigenvalue weighted by Crippen LogP contribution is 2.24. The Balaban J connectivity index is 2.82. The fourth-order valence-corrected chi connectivity index (χ4v) is 1.91. The van der Waals surface area contributed by atoms with Gasteiger partial charge in [0.05, 0.1) is 10.7 Å². The Morgan fingerprint density at radius 1 is 1.20 bits per heavy atom. The molecule has 0 radical (unpaired) electrons. The lowest BCUT2D eigenvalue weighted by Gasteiger charge is -2.09. The van der Waals surface area contributed by atoms with Gasteiger partial charge < -0.3 is 10.6 Å². The third kappa shape index (κ3) is 5.85. The molecule has 0 atom stereocenters. The number of benzene rings is 1. The highest BCUT2D eigenvalue weighted by molar-refractivity contribution is 7.89. The molecule has 0 aliphatic carbocycles. The molecule has 0 bridgehead atoms. The molecule has 0 saturated heterocycles. The van der Waals surface area contributed by atoms with Crippen molar-refractivity contribution >= 4 is 27.1 Å². The molecule has 112 valence electrons. The van der Waals surface area contributed by atoms with Crippen molar-refractivity contribution in [1.29, 1.82) is 0 Å². The summed E-state index contributed by atoms with van der Waals surface area (Å²) < 4.78 is 21.6. The molecule has 1 rings (SSSR count). The van der Waals surface area contributed by atoms with Crippen LogP contribution in [0.1, 0.15) is 13.3 Å². The van der Waals surface area contributed by atoms with E-state index in [0.717, 1.165) is 6.42 Å². The number of primary sulfonamides is 1. The topological polar surface area (TPSA) is 127 Å². The van der Waals surface area contributed by atoms with E-state index in [1.807, 2.05) is 6.92 Å². The molecule has 0 amide bonds. The van der Waals surface area contributed by atoms with Crippen LogP contribution in [0.3, 0.4) is 0 Å². The number of rotatable bonds is 8. The van der Waals surface area contributed by atoms with Crippen molar-refractivity contribution in [3.8, 4) is 0 Å². The van der Waals surface area contributed by atoms with Gasteiger partial charge in [0.15, 0.2) is 0 Å². The van der Waals surface area contributed by atoms with E-state index in [1.54, 1.807) is 6.07 Å². The largest absolute Gasteiger partial charge is 0.385 e. The number of nitrogens with zero attached hydrogens (tertiary/aromatic N) is 1. The van der Waals surface area contributed by atoms with Gasteiger partial charge in [0.2, 0.25) is 10.0 Å². The fraction of sp³-hybridized carbons (Fsp3) is 0.455. The van der Waals surface area contributed by atoms with E-state index < -0.39 is 14.9 Å². The maximum Gasteiger partial charge on any atom is 0.273 e. The van der Waals surface area contributed by atoms with Crippen LogP contribution in [-0.4, -0.2) is 32.2 Å². The Labute approximate surface area is 117 Å². The van der Waals surface area contributed by atoms with Gasteiger partial charge in [0.1, 0.15) is 0 Å². The summed E-state index contributed by atoms with van der Waals surface area (Å²) in [6, 6.07) is 4.46. The highest BCUT2D eigenvalue weighted by atomic mass is 32.2. The predicted molar refractivity (Wildman–Crippen MR) is 78.3 cm³/mol. The van der Waals surface area contributed by atoms with Crippen LogP contribution < -0.4 is 15.8 Å². The number of nitrogens with one attached hydrogen (secondary N) is 2. The first-order valence-electron chi connectivity index (χ1n) is 6.09. The molecular weight excluding hydrogens is 284 g/mol. The van der Waals surface area contributed by atoms with Crippen molar-refractivity contribution in [1.82, 2.24) is 0 Å². The molecule has 9 heteroatoms. The van der Waals surface area contributed by atoms with Crippen molar-refractivity contribution in [2.45, 2.75) is 13.3 Å². The zero-order chi connectivity index (χ0) is 15.2. The van der Waals surface area contributed by atoms with E-state index in [4.69, 9.17) is 5.14 Å². The van der Waals surface area contributed by atoms with E-state index in [-0.39, 0.29) is 18.0 Å². The Kier molecular flexibility index (Phi) is 5.71. The first kappa shape index (κ1) is 16.2. The number of hydrogen-bond donors (Lipinski definition) is 3. The first-order chi connectivity index (χ1) is 9.31. The Bertz CT molecular complexity index is 574. The maximum atomic E-state index is 10.8. The number of non-ortho nitro benzene ring substituents is 1. The van der Waals surface area contributed by atoms with E-state index >= 15 is 0 Å². The zero-order valence-corrected chi connectivity index (χ0v) is 11.9. The minimum atomic E-state index is -3.56. The Morgan fingerprint density at radius 2 is 1.75 bits per heavy atom. The Hall–Kier alpha value is -1.87. The van der Waals surface area contributed by atoms with Gasteiger partial charge in [-0.3, -0.25) is 10.1 Å². The maximum absolute atomic E-state index is 10.8. The van der Waals surface area contributed by atoms with E-state index in [9.17, 15) is 18.5 Å². The SMILES string of the molecule is CCCNc1cc(NCCS(N)(=O)=O)cc([N+](=O)[O-])c1. The minimum Gasteiger partial charge on any atom is -0.385 e. The zero-order valence-electron chi connectivity index (χ0n) is 11.1. The van der Waals surface area contributed by atoms with Gasteiger partial charge in [-0.05, 0) is 12.5 Å². The number of nitrogens with two attached hydrogens (primary N) is 1. The molecule has 4 N–H and O–H groups in total. The van der Waals surface area contributed by atoms with Crippen LogP contribution >= 0.6 is 0 Å². The quantitative estimate of drug-likeness (QED) is 0.487. The van der Waals surface area contributed by atoms with Crippen molar-refractivity contribution in [2.75, 3.05) is 29.5 Å². The van der Waals surface area contributed by atoms with Gasteiger partial charge in [0.25, 0.3) is 5.69 Å². The van der Waals surface area contributed by atoms with Gasteiger partial charge >= 0.3 is 0 Å². The molecule has 0 aliphatic rings. The highest BCUT2D eigenvalue weighted by Gasteiger charge is 2.10. The fourth-order valence-electron chi connectivity index (χ4n) is 1.53. The molecule has 1 aromatic carbocycles. The van der Waals surface area contributed by atoms with Crippen LogP contribution in [0.2, 0.25) is 0 Å². The van der Waals surface area contributed by atoms with Crippen LogP contribution in [0.4, 0.5) is 17.1 Å². The van der Waals surface area contributed by atoms with Crippen LogP contribution in [0, 0.1) is 10.1 Å².